The first kappa shape index (κ1) is 81.9. The van der Waals surface area contributed by atoms with Gasteiger partial charge in [0.1, 0.15) is 57.9 Å². The number of rotatable bonds is 12. The predicted octanol–water partition coefficient (Wildman–Crippen LogP) is 7.76. The zero-order chi connectivity index (χ0) is 70.7. The van der Waals surface area contributed by atoms with E-state index < -0.39 is 90.8 Å². The van der Waals surface area contributed by atoms with E-state index in [1.54, 1.807) is 38.6 Å². The first-order valence-electron chi connectivity index (χ1n) is 28.9. The number of aromatic amines is 2. The average molecular weight is 1710 g/mol. The van der Waals surface area contributed by atoms with Crippen LogP contribution in [0.5, 0.6) is 0 Å². The Kier molecular flexibility index (Phi) is 32.3. The molecule has 0 aliphatic rings. The Morgan fingerprint density at radius 3 is 1.52 bits per heavy atom. The van der Waals surface area contributed by atoms with E-state index in [-0.39, 0.29) is 165 Å². The van der Waals surface area contributed by atoms with E-state index in [4.69, 9.17) is 14.8 Å². The first-order chi connectivity index (χ1) is 47.1. The average Bonchev–Trinajstić information content (AvgIpc) is 1.52. The van der Waals surface area contributed by atoms with Crippen molar-refractivity contribution in [3.8, 4) is 5.69 Å². The number of esters is 2. The number of para-hydroxylation sites is 4. The standard InChI is InChI=1S/C24H15F2N3O3.C19H14F2INO3.C12H9F2NO3.C7H6BrI.C7H6N2.CH2O3.2K.H/c25-17-9-10-18(26)22-21(17)23(30)16(24(31)32)12-28(22)11-14-5-7-15(8-6-14)29-13-27-19-3-1-2-4-20(19)29;1-2-26-19(25)13-10-23(9-11-3-5-12(22)6-4-11)17-15(21)8-7-14(20)16(17)18(13)24;1-2-18-12(17)6-5-15-10-8(14)4-3-7(13)9(10)11(6)16;8-5-6-1-3-7(9)4-2-6;1-2-4-7-6(3-1)8-5-9-7;2-1-4-3;;;/h1-10,12-13H,11H2,(H,31,32);3-8,10H,2,9H2,1H3;3-5H,2H2,1H3,(H,15,16);1-4H,5H2;1-5H,(H,8,9);1,3H;;;/q;;;;;;2*+1;-1/p-1. The number of hydrogen-bond donors (Lipinski definition) is 3. The third kappa shape index (κ3) is 20.6. The van der Waals surface area contributed by atoms with Crippen LogP contribution in [0, 0.1) is 42.0 Å². The Hall–Kier alpha value is -7.04. The molecular formula is C70H52BrF6I2K2N7O12. The summed E-state index contributed by atoms with van der Waals surface area (Å²) in [5, 5.41) is 17.2. The van der Waals surface area contributed by atoms with Crippen molar-refractivity contribution in [3.05, 3.63) is 295 Å². The summed E-state index contributed by atoms with van der Waals surface area (Å²) >= 11 is 7.84. The summed E-state index contributed by atoms with van der Waals surface area (Å²) in [7, 11) is 0. The summed E-state index contributed by atoms with van der Waals surface area (Å²) in [6.45, 7) is 3.36. The van der Waals surface area contributed by atoms with Crippen LogP contribution in [0.15, 0.2) is 203 Å². The van der Waals surface area contributed by atoms with E-state index in [1.807, 2.05) is 89.5 Å². The molecule has 3 N–H and O–H groups in total. The van der Waals surface area contributed by atoms with E-state index in [0.29, 0.717) is 5.56 Å². The molecule has 0 radical (unpaired) electrons. The molecule has 13 aromatic rings. The molecule has 13 rings (SSSR count). The monoisotopic (exact) mass is 1710 g/mol. The molecule has 0 spiro atoms. The topological polar surface area (TPSA) is 263 Å². The van der Waals surface area contributed by atoms with Crippen LogP contribution in [0.2, 0.25) is 0 Å². The number of ether oxygens (including phenoxy) is 2. The van der Waals surface area contributed by atoms with Gasteiger partial charge in [0, 0.05) is 49.8 Å². The second-order valence-corrected chi connectivity index (χ2v) is 23.4. The fraction of sp³-hybridized carbons (Fsp3) is 0.100. The molecule has 504 valence electrons. The fourth-order valence-electron chi connectivity index (χ4n) is 9.64. The van der Waals surface area contributed by atoms with Gasteiger partial charge in [0.25, 0.3) is 6.47 Å². The van der Waals surface area contributed by atoms with Crippen LogP contribution in [0.1, 0.15) is 63.0 Å². The van der Waals surface area contributed by atoms with Gasteiger partial charge in [-0.15, -0.1) is 0 Å². The van der Waals surface area contributed by atoms with Crippen LogP contribution in [-0.2, 0) is 37.6 Å². The minimum Gasteiger partial charge on any atom is -1.00 e. The molecule has 19 nitrogen and oxygen atoms in total. The number of alkyl halides is 1. The quantitative estimate of drug-likeness (QED) is 0.0154. The SMILES string of the molecule is BrCc1ccc(I)cc1.CCOC(=O)c1c[nH]c2c(F)ccc(F)c2c1=O.CCOC(=O)c1cn(Cc2ccc(I)cc2)c2c(F)ccc(F)c2c1=O.O=C(O)c1cn(Cc2ccc(-n3cnc4ccccc43)cc2)c2c(F)ccc(F)c2c1=O.O=CO[O-].[H-].[K+].[K+].c1ccc2[nH]cnc2c1. The minimum absolute atomic E-state index is 0. The van der Waals surface area contributed by atoms with E-state index in [1.165, 1.54) is 24.5 Å². The fourth-order valence-corrected chi connectivity index (χ4v) is 10.7. The third-order valence-electron chi connectivity index (χ3n) is 14.1. The van der Waals surface area contributed by atoms with Crippen molar-refractivity contribution in [2.75, 3.05) is 13.2 Å². The molecule has 30 heteroatoms. The largest absolute Gasteiger partial charge is 1.00 e. The van der Waals surface area contributed by atoms with Gasteiger partial charge in [0.2, 0.25) is 16.3 Å². The summed E-state index contributed by atoms with van der Waals surface area (Å²) in [5.74, 6) is -8.28. The second-order valence-electron chi connectivity index (χ2n) is 20.3. The molecule has 0 atom stereocenters. The predicted molar refractivity (Wildman–Crippen MR) is 374 cm³/mol. The summed E-state index contributed by atoms with van der Waals surface area (Å²) in [6.07, 6.45) is 6.71. The number of aromatic nitrogens is 7. The van der Waals surface area contributed by atoms with Crippen LogP contribution in [0.25, 0.3) is 60.5 Å². The Morgan fingerprint density at radius 1 is 0.570 bits per heavy atom. The maximum atomic E-state index is 14.6. The number of benzene rings is 8. The molecule has 0 aliphatic heterocycles. The molecule has 5 heterocycles. The van der Waals surface area contributed by atoms with Gasteiger partial charge in [0.15, 0.2) is 0 Å². The van der Waals surface area contributed by atoms with Gasteiger partial charge in [-0.3, -0.25) is 23.7 Å². The number of halogens is 9. The molecule has 8 aromatic carbocycles. The second kappa shape index (κ2) is 39.4. The van der Waals surface area contributed by atoms with Gasteiger partial charge >= 0.3 is 121 Å². The van der Waals surface area contributed by atoms with Crippen molar-refractivity contribution in [2.45, 2.75) is 32.3 Å². The van der Waals surface area contributed by atoms with Gasteiger partial charge in [-0.25, -0.2) is 50.7 Å². The van der Waals surface area contributed by atoms with Crippen LogP contribution in [0.3, 0.4) is 0 Å². The van der Waals surface area contributed by atoms with Crippen LogP contribution < -0.4 is 124 Å². The summed E-state index contributed by atoms with van der Waals surface area (Å²) in [6, 6.07) is 44.1. The number of pyridine rings is 3. The molecule has 0 amide bonds. The number of H-pyrrole nitrogens is 2. The minimum atomic E-state index is -1.50. The molecule has 0 bridgehead atoms. The Labute approximate surface area is 685 Å². The number of carbonyl (C=O) groups is 4. The van der Waals surface area contributed by atoms with Gasteiger partial charge < -0.3 is 45.3 Å². The van der Waals surface area contributed by atoms with Gasteiger partial charge in [-0.1, -0.05) is 76.6 Å². The van der Waals surface area contributed by atoms with Gasteiger partial charge in [-0.05, 0) is 173 Å². The zero-order valence-electron chi connectivity index (χ0n) is 54.1. The smallest absolute Gasteiger partial charge is 1.00 e. The first-order valence-corrected chi connectivity index (χ1v) is 32.2. The number of fused-ring (bicyclic) bond motifs is 5. The number of carboxylic acid groups (broad SMARTS) is 1. The van der Waals surface area contributed by atoms with Crippen LogP contribution in [-0.4, -0.2) is 76.3 Å². The van der Waals surface area contributed by atoms with Crippen molar-refractivity contribution in [2.24, 2.45) is 0 Å². The number of nitrogens with zero attached hydrogens (tertiary/aromatic N) is 5. The molecule has 5 aromatic heterocycles. The summed E-state index contributed by atoms with van der Waals surface area (Å²) in [4.78, 5) is 97.0. The van der Waals surface area contributed by atoms with Gasteiger partial charge in [-0.2, -0.15) is 0 Å². The van der Waals surface area contributed by atoms with Crippen molar-refractivity contribution in [1.29, 1.82) is 0 Å². The molecular weight excluding hydrogens is 1660 g/mol. The van der Waals surface area contributed by atoms with E-state index in [2.05, 4.69) is 115 Å². The number of carbonyl (C=O) groups excluding carboxylic acids is 3. The van der Waals surface area contributed by atoms with Crippen LogP contribution in [0.4, 0.5) is 26.3 Å². The van der Waals surface area contributed by atoms with Crippen molar-refractivity contribution >= 4 is 140 Å². The van der Waals surface area contributed by atoms with Crippen molar-refractivity contribution in [1.82, 2.24) is 33.6 Å². The number of aromatic carboxylic acids is 1. The Balaban J connectivity index is 0.000000238. The summed E-state index contributed by atoms with van der Waals surface area (Å²) in [5.41, 5.74) is 2.78. The molecule has 0 saturated heterocycles. The van der Waals surface area contributed by atoms with E-state index in [9.17, 15) is 60.2 Å². The number of nitrogens with one attached hydrogen (secondary N) is 2. The molecule has 0 fully saturated rings. The third-order valence-corrected chi connectivity index (χ3v) is 16.2. The molecule has 0 saturated carbocycles. The molecule has 0 unspecified atom stereocenters. The number of hydrogen-bond acceptors (Lipinski definition) is 13. The van der Waals surface area contributed by atoms with Crippen molar-refractivity contribution < 1.29 is 174 Å². The maximum absolute atomic E-state index is 14.6. The van der Waals surface area contributed by atoms with E-state index in [0.717, 1.165) is 91.0 Å². The van der Waals surface area contributed by atoms with Crippen molar-refractivity contribution in [3.63, 3.8) is 0 Å². The molecule has 100 heavy (non-hydrogen) atoms. The van der Waals surface area contributed by atoms with E-state index >= 15 is 0 Å². The number of carboxylic acids is 1. The van der Waals surface area contributed by atoms with Crippen LogP contribution >= 0.6 is 61.1 Å². The molecule has 0 aliphatic carbocycles. The van der Waals surface area contributed by atoms with Gasteiger partial charge in [0.05, 0.1) is 74.3 Å². The normalized spacial score (nSPS) is 10.4. The maximum Gasteiger partial charge on any atom is 1.00 e. The zero-order valence-corrected chi connectivity index (χ0v) is 65.2. The Morgan fingerprint density at radius 2 is 1.01 bits per heavy atom. The number of imidazole rings is 2. The summed E-state index contributed by atoms with van der Waals surface area (Å²) < 4.78 is 101. The Bertz CT molecular complexity index is 5220.